The van der Waals surface area contributed by atoms with Gasteiger partial charge >= 0.3 is 6.01 Å². The fraction of sp³-hybridized carbons (Fsp3) is 0.429. The van der Waals surface area contributed by atoms with Crippen LogP contribution in [0, 0.1) is 6.92 Å². The predicted molar refractivity (Wildman–Crippen MR) is 77.1 cm³/mol. The lowest BCUT2D eigenvalue weighted by Gasteiger charge is -2.16. The lowest BCUT2D eigenvalue weighted by molar-refractivity contribution is 0.198. The number of hydrogen-bond donors (Lipinski definition) is 1. The van der Waals surface area contributed by atoms with Gasteiger partial charge in [0, 0.05) is 26.4 Å². The molecule has 0 aliphatic carbocycles. The van der Waals surface area contributed by atoms with Crippen LogP contribution in [-0.4, -0.2) is 37.5 Å². The minimum absolute atomic E-state index is 0.489. The van der Waals surface area contributed by atoms with Crippen LogP contribution in [0.3, 0.4) is 0 Å². The second-order valence-electron chi connectivity index (χ2n) is 4.49. The number of nitrogens with one attached hydrogen (secondary N) is 1. The molecule has 2 rings (SSSR count). The maximum atomic E-state index is 5.64. The normalized spacial score (nSPS) is 10.8. The quantitative estimate of drug-likeness (QED) is 0.779. The minimum Gasteiger partial charge on any atom is -0.406 e. The lowest BCUT2D eigenvalue weighted by atomic mass is 10.2. The summed E-state index contributed by atoms with van der Waals surface area (Å²) in [6.07, 6.45) is 0. The Hall–Kier alpha value is -1.92. The van der Waals surface area contributed by atoms with Crippen molar-refractivity contribution in [1.82, 2.24) is 15.5 Å². The molecule has 1 N–H and O–H groups in total. The number of benzene rings is 1. The van der Waals surface area contributed by atoms with Gasteiger partial charge in [-0.1, -0.05) is 23.3 Å². The van der Waals surface area contributed by atoms with Gasteiger partial charge in [0.05, 0.1) is 13.2 Å². The first-order chi connectivity index (χ1) is 9.72. The van der Waals surface area contributed by atoms with E-state index < -0.39 is 0 Å². The van der Waals surface area contributed by atoms with Gasteiger partial charge < -0.3 is 14.5 Å². The van der Waals surface area contributed by atoms with Crippen LogP contribution < -0.4 is 10.2 Å². The summed E-state index contributed by atoms with van der Waals surface area (Å²) in [5, 5.41) is 11.3. The number of methoxy groups -OCH3 is 1. The third-order valence-corrected chi connectivity index (χ3v) is 2.98. The number of nitrogens with zero attached hydrogens (tertiary/aromatic N) is 3. The molecule has 0 spiro atoms. The van der Waals surface area contributed by atoms with Gasteiger partial charge in [0.15, 0.2) is 0 Å². The monoisotopic (exact) mass is 276 g/mol. The van der Waals surface area contributed by atoms with E-state index in [4.69, 9.17) is 9.15 Å². The molecule has 0 saturated heterocycles. The maximum Gasteiger partial charge on any atom is 0.322 e. The Morgan fingerprint density at radius 1 is 1.30 bits per heavy atom. The molecule has 0 fully saturated rings. The van der Waals surface area contributed by atoms with Crippen molar-refractivity contribution in [2.75, 3.05) is 32.2 Å². The van der Waals surface area contributed by atoms with Crippen LogP contribution in [0.25, 0.3) is 0 Å². The summed E-state index contributed by atoms with van der Waals surface area (Å²) in [6.45, 7) is 4.00. The van der Waals surface area contributed by atoms with E-state index in [1.807, 2.05) is 30.1 Å². The molecule has 0 radical (unpaired) electrons. The SMILES string of the molecule is COCCNCc1nnc(N(C)c2ccccc2C)o1. The van der Waals surface area contributed by atoms with Gasteiger partial charge in [-0.05, 0) is 18.6 Å². The molecule has 0 aliphatic rings. The topological polar surface area (TPSA) is 63.4 Å². The highest BCUT2D eigenvalue weighted by Gasteiger charge is 2.13. The van der Waals surface area contributed by atoms with E-state index in [1.54, 1.807) is 7.11 Å². The van der Waals surface area contributed by atoms with Crippen molar-refractivity contribution in [2.45, 2.75) is 13.5 Å². The van der Waals surface area contributed by atoms with Crippen LogP contribution in [0.1, 0.15) is 11.5 Å². The summed E-state index contributed by atoms with van der Waals surface area (Å²) in [5.41, 5.74) is 2.21. The van der Waals surface area contributed by atoms with Crippen LogP contribution in [-0.2, 0) is 11.3 Å². The van der Waals surface area contributed by atoms with Crippen LogP contribution in [0.4, 0.5) is 11.7 Å². The molecule has 2 aromatic rings. The average molecular weight is 276 g/mol. The van der Waals surface area contributed by atoms with Gasteiger partial charge in [0.2, 0.25) is 5.89 Å². The molecular weight excluding hydrogens is 256 g/mol. The third kappa shape index (κ3) is 3.55. The fourth-order valence-electron chi connectivity index (χ4n) is 1.86. The molecule has 0 saturated carbocycles. The Balaban J connectivity index is 1.99. The van der Waals surface area contributed by atoms with Crippen molar-refractivity contribution in [3.8, 4) is 0 Å². The molecule has 0 bridgehead atoms. The summed E-state index contributed by atoms with van der Waals surface area (Å²) < 4.78 is 10.6. The summed E-state index contributed by atoms with van der Waals surface area (Å²) in [5.74, 6) is 0.566. The zero-order valence-corrected chi connectivity index (χ0v) is 12.1. The molecule has 6 heteroatoms. The van der Waals surface area contributed by atoms with Crippen molar-refractivity contribution in [2.24, 2.45) is 0 Å². The molecular formula is C14H20N4O2. The number of hydrogen-bond acceptors (Lipinski definition) is 6. The smallest absolute Gasteiger partial charge is 0.322 e. The molecule has 0 aliphatic heterocycles. The lowest BCUT2D eigenvalue weighted by Crippen LogP contribution is -2.18. The summed E-state index contributed by atoms with van der Waals surface area (Å²) in [4.78, 5) is 1.89. The Morgan fingerprint density at radius 3 is 2.85 bits per heavy atom. The molecule has 0 atom stereocenters. The van der Waals surface area contributed by atoms with E-state index in [2.05, 4.69) is 28.5 Å². The number of anilines is 2. The van der Waals surface area contributed by atoms with E-state index in [0.29, 0.717) is 25.1 Å². The fourth-order valence-corrected chi connectivity index (χ4v) is 1.86. The average Bonchev–Trinajstić information content (AvgIpc) is 2.92. The van der Waals surface area contributed by atoms with Crippen molar-refractivity contribution >= 4 is 11.7 Å². The van der Waals surface area contributed by atoms with E-state index in [9.17, 15) is 0 Å². The van der Waals surface area contributed by atoms with Crippen LogP contribution >= 0.6 is 0 Å². The largest absolute Gasteiger partial charge is 0.406 e. The van der Waals surface area contributed by atoms with Crippen molar-refractivity contribution in [1.29, 1.82) is 0 Å². The Morgan fingerprint density at radius 2 is 2.10 bits per heavy atom. The highest BCUT2D eigenvalue weighted by Crippen LogP contribution is 2.25. The van der Waals surface area contributed by atoms with Crippen LogP contribution in [0.15, 0.2) is 28.7 Å². The number of rotatable bonds is 7. The third-order valence-electron chi connectivity index (χ3n) is 2.98. The van der Waals surface area contributed by atoms with Crippen LogP contribution in [0.5, 0.6) is 0 Å². The molecule has 6 nitrogen and oxygen atoms in total. The van der Waals surface area contributed by atoms with E-state index in [-0.39, 0.29) is 0 Å². The zero-order chi connectivity index (χ0) is 14.4. The summed E-state index contributed by atoms with van der Waals surface area (Å²) in [6, 6.07) is 8.56. The molecule has 0 unspecified atom stereocenters. The van der Waals surface area contributed by atoms with Gasteiger partial charge in [-0.15, -0.1) is 5.10 Å². The van der Waals surface area contributed by atoms with Gasteiger partial charge in [0.25, 0.3) is 0 Å². The van der Waals surface area contributed by atoms with Gasteiger partial charge in [-0.2, -0.15) is 0 Å². The first kappa shape index (κ1) is 14.5. The predicted octanol–water partition coefficient (Wildman–Crippen LogP) is 1.88. The highest BCUT2D eigenvalue weighted by atomic mass is 16.5. The second kappa shape index (κ2) is 7.02. The van der Waals surface area contributed by atoms with Gasteiger partial charge in [-0.25, -0.2) is 0 Å². The van der Waals surface area contributed by atoms with Crippen LogP contribution in [0.2, 0.25) is 0 Å². The minimum atomic E-state index is 0.489. The maximum absolute atomic E-state index is 5.64. The first-order valence-electron chi connectivity index (χ1n) is 6.53. The van der Waals surface area contributed by atoms with E-state index >= 15 is 0 Å². The second-order valence-corrected chi connectivity index (χ2v) is 4.49. The number of para-hydroxylation sites is 1. The molecule has 20 heavy (non-hydrogen) atoms. The van der Waals surface area contributed by atoms with Gasteiger partial charge in [-0.3, -0.25) is 4.90 Å². The Labute approximate surface area is 118 Å². The molecule has 1 heterocycles. The number of aromatic nitrogens is 2. The van der Waals surface area contributed by atoms with Crippen molar-refractivity contribution < 1.29 is 9.15 Å². The Bertz CT molecular complexity index is 541. The van der Waals surface area contributed by atoms with Crippen molar-refractivity contribution in [3.05, 3.63) is 35.7 Å². The zero-order valence-electron chi connectivity index (χ0n) is 12.1. The van der Waals surface area contributed by atoms with Gasteiger partial charge in [0.1, 0.15) is 0 Å². The summed E-state index contributed by atoms with van der Waals surface area (Å²) >= 11 is 0. The molecule has 1 aromatic heterocycles. The van der Waals surface area contributed by atoms with E-state index in [1.165, 1.54) is 0 Å². The number of ether oxygens (including phenoxy) is 1. The Kier molecular flexibility index (Phi) is 5.09. The molecule has 1 aromatic carbocycles. The highest BCUT2D eigenvalue weighted by molar-refractivity contribution is 5.59. The van der Waals surface area contributed by atoms with E-state index in [0.717, 1.165) is 17.8 Å². The number of aryl methyl sites for hydroxylation is 1. The van der Waals surface area contributed by atoms with Crippen molar-refractivity contribution in [3.63, 3.8) is 0 Å². The first-order valence-corrected chi connectivity index (χ1v) is 6.53. The molecule has 0 amide bonds. The standard InChI is InChI=1S/C14H20N4O2/c1-11-6-4-5-7-12(11)18(2)14-17-16-13(20-14)10-15-8-9-19-3/h4-7,15H,8-10H2,1-3H3. The molecule has 108 valence electrons. The summed E-state index contributed by atoms with van der Waals surface area (Å²) in [7, 11) is 3.58.